The van der Waals surface area contributed by atoms with Gasteiger partial charge in [-0.05, 0) is 18.9 Å². The third-order valence-electron chi connectivity index (χ3n) is 2.81. The molecule has 0 fully saturated rings. The lowest BCUT2D eigenvalue weighted by Gasteiger charge is -2.13. The van der Waals surface area contributed by atoms with E-state index in [-0.39, 0.29) is 0 Å². The van der Waals surface area contributed by atoms with Gasteiger partial charge in [-0.25, -0.2) is 0 Å². The van der Waals surface area contributed by atoms with Crippen LogP contribution in [-0.4, -0.2) is 0 Å². The summed E-state index contributed by atoms with van der Waals surface area (Å²) < 4.78 is 0. The number of rotatable bonds is 2. The van der Waals surface area contributed by atoms with Crippen LogP contribution in [-0.2, 0) is 6.42 Å². The van der Waals surface area contributed by atoms with Crippen molar-refractivity contribution in [3.8, 4) is 11.8 Å². The molecule has 0 heterocycles. The molecular weight excluding hydrogens is 216 g/mol. The van der Waals surface area contributed by atoms with Gasteiger partial charge in [0, 0.05) is 0 Å². The van der Waals surface area contributed by atoms with Gasteiger partial charge in [0.2, 0.25) is 0 Å². The first-order valence-electron chi connectivity index (χ1n) is 5.76. The largest absolute Gasteiger partial charge is 0.366 e. The van der Waals surface area contributed by atoms with Crippen molar-refractivity contribution in [2.45, 2.75) is 13.3 Å². The Morgan fingerprint density at radius 3 is 1.89 bits per heavy atom. The number of benzene rings is 2. The molecule has 18 heavy (non-hydrogen) atoms. The summed E-state index contributed by atoms with van der Waals surface area (Å²) in [5, 5.41) is 0. The van der Waals surface area contributed by atoms with E-state index in [1.165, 1.54) is 11.1 Å². The lowest BCUT2D eigenvalue weighted by Crippen LogP contribution is -1.91. The second-order valence-electron chi connectivity index (χ2n) is 4.33. The second-order valence-corrected chi connectivity index (χ2v) is 4.33. The van der Waals surface area contributed by atoms with Crippen LogP contribution in [0.5, 0.6) is 0 Å². The SMILES string of the molecule is [C-]#Cc1cc(C#[C-])cc(Cc2ccc(C)cc2)c1. The zero-order valence-corrected chi connectivity index (χ0v) is 10.2. The van der Waals surface area contributed by atoms with E-state index in [0.717, 1.165) is 12.0 Å². The Hall–Kier alpha value is -2.44. The van der Waals surface area contributed by atoms with Crippen molar-refractivity contribution in [2.24, 2.45) is 0 Å². The molecule has 0 amide bonds. The summed E-state index contributed by atoms with van der Waals surface area (Å²) in [6.07, 6.45) is 15.2. The normalized spacial score (nSPS) is 9.50. The van der Waals surface area contributed by atoms with Crippen LogP contribution in [0.2, 0.25) is 0 Å². The molecule has 0 saturated carbocycles. The first kappa shape index (κ1) is 12.0. The highest BCUT2D eigenvalue weighted by molar-refractivity contribution is 5.45. The van der Waals surface area contributed by atoms with Gasteiger partial charge in [-0.2, -0.15) is 6.07 Å². The van der Waals surface area contributed by atoms with Crippen LogP contribution in [0.3, 0.4) is 0 Å². The van der Waals surface area contributed by atoms with Crippen molar-refractivity contribution in [1.82, 2.24) is 0 Å². The molecule has 2 rings (SSSR count). The Bertz CT molecular complexity index is 599. The third kappa shape index (κ3) is 2.82. The van der Waals surface area contributed by atoms with Crippen molar-refractivity contribution in [3.05, 3.63) is 83.1 Å². The molecule has 2 aromatic carbocycles. The van der Waals surface area contributed by atoms with Crippen molar-refractivity contribution < 1.29 is 0 Å². The molecule has 0 bridgehead atoms. The fraction of sp³-hybridized carbons (Fsp3) is 0.111. The quantitative estimate of drug-likeness (QED) is 0.545. The molecule has 0 nitrogen and oxygen atoms in total. The minimum Gasteiger partial charge on any atom is -0.366 e. The van der Waals surface area contributed by atoms with Crippen LogP contribution in [0.1, 0.15) is 27.8 Å². The fourth-order valence-corrected chi connectivity index (χ4v) is 1.88. The third-order valence-corrected chi connectivity index (χ3v) is 2.81. The highest BCUT2D eigenvalue weighted by Gasteiger charge is 1.95. The van der Waals surface area contributed by atoms with Gasteiger partial charge in [-0.3, -0.25) is 11.8 Å². The Labute approximate surface area is 109 Å². The first-order chi connectivity index (χ1) is 8.71. The molecule has 0 N–H and O–H groups in total. The molecule has 0 aliphatic heterocycles. The van der Waals surface area contributed by atoms with E-state index in [1.807, 2.05) is 12.1 Å². The maximum Gasteiger partial charge on any atom is -0.00550 e. The summed E-state index contributed by atoms with van der Waals surface area (Å²) in [7, 11) is 0. The van der Waals surface area contributed by atoms with Gasteiger partial charge in [0.05, 0.1) is 0 Å². The predicted octanol–water partition coefficient (Wildman–Crippen LogP) is 3.46. The molecule has 0 heteroatoms. The van der Waals surface area contributed by atoms with Gasteiger partial charge in [-0.1, -0.05) is 35.4 Å². The van der Waals surface area contributed by atoms with Crippen molar-refractivity contribution in [3.63, 3.8) is 0 Å². The summed E-state index contributed by atoms with van der Waals surface area (Å²) in [6, 6.07) is 14.0. The predicted molar refractivity (Wildman–Crippen MR) is 72.9 cm³/mol. The Morgan fingerprint density at radius 2 is 1.39 bits per heavy atom. The summed E-state index contributed by atoms with van der Waals surface area (Å²) >= 11 is 0. The molecule has 0 aromatic heterocycles. The number of aryl methyl sites for hydroxylation is 1. The smallest absolute Gasteiger partial charge is 0.00550 e. The molecule has 0 aliphatic rings. The number of hydrogen-bond donors (Lipinski definition) is 0. The fourth-order valence-electron chi connectivity index (χ4n) is 1.88. The molecule has 0 spiro atoms. The Balaban J connectivity index is 2.32. The van der Waals surface area contributed by atoms with Gasteiger partial charge in [0.15, 0.2) is 0 Å². The lowest BCUT2D eigenvalue weighted by molar-refractivity contribution is 1.18. The second kappa shape index (κ2) is 5.26. The van der Waals surface area contributed by atoms with Crippen molar-refractivity contribution >= 4 is 0 Å². The van der Waals surface area contributed by atoms with E-state index in [4.69, 9.17) is 12.8 Å². The number of hydrogen-bond acceptors (Lipinski definition) is 0. The van der Waals surface area contributed by atoms with E-state index < -0.39 is 0 Å². The highest BCUT2D eigenvalue weighted by Crippen LogP contribution is 2.14. The monoisotopic (exact) mass is 228 g/mol. The molecule has 0 saturated heterocycles. The van der Waals surface area contributed by atoms with E-state index in [9.17, 15) is 0 Å². The van der Waals surface area contributed by atoms with E-state index in [1.54, 1.807) is 6.07 Å². The minimum atomic E-state index is 0.689. The average molecular weight is 228 g/mol. The van der Waals surface area contributed by atoms with Crippen molar-refractivity contribution in [1.29, 1.82) is 0 Å². The average Bonchev–Trinajstić information content (AvgIpc) is 2.41. The Kier molecular flexibility index (Phi) is 3.52. The minimum absolute atomic E-state index is 0.689. The van der Waals surface area contributed by atoms with Crippen LogP contribution in [0.25, 0.3) is 0 Å². The van der Waals surface area contributed by atoms with Crippen LogP contribution in [0.15, 0.2) is 42.5 Å². The standard InChI is InChI=1S/C18H12/c1-4-15-10-16(5-2)12-18(11-15)13-17-8-6-14(3)7-9-17/h6-12H,13H2,3H3/q-2. The molecule has 0 atom stereocenters. The topological polar surface area (TPSA) is 0 Å². The van der Waals surface area contributed by atoms with Gasteiger partial charge >= 0.3 is 0 Å². The van der Waals surface area contributed by atoms with Crippen LogP contribution < -0.4 is 0 Å². The molecule has 0 unspecified atom stereocenters. The molecule has 86 valence electrons. The maximum atomic E-state index is 7.18. The van der Waals surface area contributed by atoms with Crippen LogP contribution in [0, 0.1) is 31.6 Å². The Morgan fingerprint density at radius 1 is 0.833 bits per heavy atom. The highest BCUT2D eigenvalue weighted by atomic mass is 14.0. The van der Waals surface area contributed by atoms with E-state index in [2.05, 4.69) is 43.0 Å². The van der Waals surface area contributed by atoms with Gasteiger partial charge in [0.25, 0.3) is 0 Å². The van der Waals surface area contributed by atoms with E-state index >= 15 is 0 Å². The molecular formula is C18H12-2. The van der Waals surface area contributed by atoms with Gasteiger partial charge in [-0.15, -0.1) is 23.3 Å². The summed E-state index contributed by atoms with van der Waals surface area (Å²) in [6.45, 7) is 2.07. The van der Waals surface area contributed by atoms with Crippen LogP contribution >= 0.6 is 0 Å². The molecule has 0 aliphatic carbocycles. The zero-order valence-electron chi connectivity index (χ0n) is 10.2. The van der Waals surface area contributed by atoms with Crippen molar-refractivity contribution in [2.75, 3.05) is 0 Å². The van der Waals surface area contributed by atoms with Gasteiger partial charge in [0.1, 0.15) is 0 Å². The summed E-state index contributed by atoms with van der Waals surface area (Å²) in [5.41, 5.74) is 4.92. The summed E-state index contributed by atoms with van der Waals surface area (Å²) in [5.74, 6) is 4.73. The molecule has 2 aromatic rings. The zero-order chi connectivity index (χ0) is 13.0. The molecule has 0 radical (unpaired) electrons. The maximum absolute atomic E-state index is 7.18. The van der Waals surface area contributed by atoms with Gasteiger partial charge < -0.3 is 12.8 Å². The first-order valence-corrected chi connectivity index (χ1v) is 5.76. The summed E-state index contributed by atoms with van der Waals surface area (Å²) in [4.78, 5) is 0. The van der Waals surface area contributed by atoms with E-state index in [0.29, 0.717) is 11.1 Å². The van der Waals surface area contributed by atoms with Crippen LogP contribution in [0.4, 0.5) is 0 Å². The lowest BCUT2D eigenvalue weighted by atomic mass is 9.99.